The molecule has 0 unspecified atom stereocenters. The molecule has 0 aliphatic heterocycles. The van der Waals surface area contributed by atoms with E-state index in [4.69, 9.17) is 11.6 Å². The van der Waals surface area contributed by atoms with Crippen molar-refractivity contribution in [3.63, 3.8) is 0 Å². The highest BCUT2D eigenvalue weighted by atomic mass is 127. The summed E-state index contributed by atoms with van der Waals surface area (Å²) in [5.74, 6) is -0.307. The first-order valence-electron chi connectivity index (χ1n) is 6.72. The molecule has 0 fully saturated rings. The number of aromatic nitrogens is 2. The maximum atomic E-state index is 13.4. The largest absolute Gasteiger partial charge is 0.271 e. The van der Waals surface area contributed by atoms with Crippen molar-refractivity contribution in [3.05, 3.63) is 20.7 Å². The van der Waals surface area contributed by atoms with Gasteiger partial charge in [-0.1, -0.05) is 32.4 Å². The number of nitrogens with zero attached hydrogens (tertiary/aromatic N) is 3. The lowest BCUT2D eigenvalue weighted by Gasteiger charge is -2.25. The summed E-state index contributed by atoms with van der Waals surface area (Å²) in [5.41, 5.74) is -0.152. The Morgan fingerprint density at radius 1 is 1.27 bits per heavy atom. The van der Waals surface area contributed by atoms with Crippen molar-refractivity contribution in [2.24, 2.45) is 9.78 Å². The molecule has 1 aromatic heterocycles. The molecule has 22 heavy (non-hydrogen) atoms. The number of rotatable bonds is 2. The third-order valence-electron chi connectivity index (χ3n) is 2.89. The molecule has 1 rings (SSSR count). The van der Waals surface area contributed by atoms with Gasteiger partial charge in [0.05, 0.1) is 21.2 Å². The fourth-order valence-electron chi connectivity index (χ4n) is 1.36. The van der Waals surface area contributed by atoms with Crippen LogP contribution in [0.2, 0.25) is 5.15 Å². The van der Waals surface area contributed by atoms with Gasteiger partial charge in [-0.3, -0.25) is 4.79 Å². The standard InChI is InChI=1S/C14H21ClIN3O2S/c1-13(2,3)11(20)19-22(21,14(4,5)6)8-9-7-10(15)18-12(16)17-9/h7H,8H2,1-6H3/t22-/m0/s1. The number of hydrogen-bond donors (Lipinski definition) is 0. The van der Waals surface area contributed by atoms with Gasteiger partial charge in [0.25, 0.3) is 5.91 Å². The van der Waals surface area contributed by atoms with Crippen molar-refractivity contribution in [2.45, 2.75) is 52.0 Å². The highest BCUT2D eigenvalue weighted by Gasteiger charge is 2.32. The summed E-state index contributed by atoms with van der Waals surface area (Å²) in [5, 5.41) is 0.284. The molecule has 0 aliphatic rings. The second kappa shape index (κ2) is 6.68. The number of amides is 1. The Hall–Kier alpha value is -0.280. The van der Waals surface area contributed by atoms with Gasteiger partial charge >= 0.3 is 0 Å². The van der Waals surface area contributed by atoms with Crippen LogP contribution in [0.4, 0.5) is 0 Å². The molecule has 0 saturated heterocycles. The molecule has 1 atom stereocenters. The van der Waals surface area contributed by atoms with Gasteiger partial charge in [-0.25, -0.2) is 14.2 Å². The zero-order chi connectivity index (χ0) is 17.3. The molecule has 0 bridgehead atoms. The maximum Gasteiger partial charge on any atom is 0.259 e. The van der Waals surface area contributed by atoms with E-state index in [0.29, 0.717) is 9.53 Å². The minimum Gasteiger partial charge on any atom is -0.271 e. The Balaban J connectivity index is 3.40. The van der Waals surface area contributed by atoms with Crippen LogP contribution in [-0.2, 0) is 20.3 Å². The van der Waals surface area contributed by atoms with Crippen molar-refractivity contribution in [3.8, 4) is 0 Å². The minimum absolute atomic E-state index is 0.0660. The van der Waals surface area contributed by atoms with Crippen LogP contribution in [0.5, 0.6) is 0 Å². The van der Waals surface area contributed by atoms with E-state index in [1.165, 1.54) is 0 Å². The van der Waals surface area contributed by atoms with E-state index < -0.39 is 19.9 Å². The van der Waals surface area contributed by atoms with E-state index in [1.807, 2.05) is 43.4 Å². The van der Waals surface area contributed by atoms with Gasteiger partial charge in [0, 0.05) is 32.8 Å². The van der Waals surface area contributed by atoms with Crippen molar-refractivity contribution >= 4 is 49.8 Å². The number of carbonyl (C=O) groups is 1. The molecule has 0 N–H and O–H groups in total. The molecule has 0 aliphatic carbocycles. The van der Waals surface area contributed by atoms with Gasteiger partial charge in [0.2, 0.25) is 0 Å². The van der Waals surface area contributed by atoms with Gasteiger partial charge in [-0.05, 0) is 26.8 Å². The molecule has 0 radical (unpaired) electrons. The van der Waals surface area contributed by atoms with E-state index in [2.05, 4.69) is 14.3 Å². The Morgan fingerprint density at radius 3 is 2.23 bits per heavy atom. The molecule has 5 nitrogen and oxygen atoms in total. The quantitative estimate of drug-likeness (QED) is 0.381. The van der Waals surface area contributed by atoms with Crippen LogP contribution in [0.1, 0.15) is 47.2 Å². The summed E-state index contributed by atoms with van der Waals surface area (Å²) in [6.07, 6.45) is 0. The Kier molecular flexibility index (Phi) is 6.01. The predicted octanol–water partition coefficient (Wildman–Crippen LogP) is 4.07. The molecular formula is C14H21ClIN3O2S. The molecule has 1 heterocycles. The van der Waals surface area contributed by atoms with E-state index in [1.54, 1.807) is 26.8 Å². The molecule has 1 aromatic rings. The smallest absolute Gasteiger partial charge is 0.259 e. The molecule has 0 aromatic carbocycles. The summed E-state index contributed by atoms with van der Waals surface area (Å²) >= 11 is 7.87. The Bertz CT molecular complexity index is 679. The molecule has 8 heteroatoms. The highest BCUT2D eigenvalue weighted by molar-refractivity contribution is 14.1. The SMILES string of the molecule is CC(C)(C)C(=O)N=[S@](=O)(Cc1cc(Cl)nc(I)n1)C(C)(C)C. The lowest BCUT2D eigenvalue weighted by atomic mass is 9.96. The van der Waals surface area contributed by atoms with Crippen molar-refractivity contribution in [2.75, 3.05) is 0 Å². The average molecular weight is 458 g/mol. The van der Waals surface area contributed by atoms with Gasteiger partial charge in [0.15, 0.2) is 3.83 Å². The van der Waals surface area contributed by atoms with Crippen molar-refractivity contribution in [1.82, 2.24) is 9.97 Å². The predicted molar refractivity (Wildman–Crippen MR) is 98.2 cm³/mol. The normalized spacial score (nSPS) is 15.3. The fraction of sp³-hybridized carbons (Fsp3) is 0.643. The first-order valence-corrected chi connectivity index (χ1v) is 9.86. The second-order valence-corrected chi connectivity index (χ2v) is 11.3. The molecule has 0 saturated carbocycles. The van der Waals surface area contributed by atoms with Crippen LogP contribution in [-0.4, -0.2) is 24.8 Å². The Morgan fingerprint density at radius 2 is 1.82 bits per heavy atom. The third-order valence-corrected chi connectivity index (χ3v) is 6.63. The summed E-state index contributed by atoms with van der Waals surface area (Å²) < 4.78 is 17.3. The lowest BCUT2D eigenvalue weighted by molar-refractivity contribution is -0.124. The van der Waals surface area contributed by atoms with Gasteiger partial charge in [-0.15, -0.1) is 0 Å². The lowest BCUT2D eigenvalue weighted by Crippen LogP contribution is -2.32. The van der Waals surface area contributed by atoms with Crippen LogP contribution >= 0.6 is 34.2 Å². The van der Waals surface area contributed by atoms with E-state index in [9.17, 15) is 9.00 Å². The summed E-state index contributed by atoms with van der Waals surface area (Å²) in [7, 11) is -2.85. The third kappa shape index (κ3) is 5.13. The summed E-state index contributed by atoms with van der Waals surface area (Å²) in [4.78, 5) is 20.5. The molecule has 1 amide bonds. The fourth-order valence-corrected chi connectivity index (χ4v) is 4.14. The summed E-state index contributed by atoms with van der Waals surface area (Å²) in [6.45, 7) is 10.7. The molecule has 0 spiro atoms. The van der Waals surface area contributed by atoms with Crippen LogP contribution in [0.3, 0.4) is 0 Å². The van der Waals surface area contributed by atoms with E-state index in [0.717, 1.165) is 0 Å². The monoisotopic (exact) mass is 457 g/mol. The first kappa shape index (κ1) is 19.8. The van der Waals surface area contributed by atoms with Gasteiger partial charge in [0.1, 0.15) is 5.15 Å². The number of halogens is 2. The molecule has 124 valence electrons. The first-order chi connectivity index (χ1) is 9.74. The van der Waals surface area contributed by atoms with Crippen LogP contribution in [0, 0.1) is 9.25 Å². The van der Waals surface area contributed by atoms with E-state index >= 15 is 0 Å². The zero-order valence-corrected chi connectivity index (χ0v) is 17.3. The van der Waals surface area contributed by atoms with Gasteiger partial charge in [-0.2, -0.15) is 4.36 Å². The summed E-state index contributed by atoms with van der Waals surface area (Å²) in [6, 6.07) is 1.56. The van der Waals surface area contributed by atoms with E-state index in [-0.39, 0.29) is 16.8 Å². The van der Waals surface area contributed by atoms with Crippen molar-refractivity contribution in [1.29, 1.82) is 0 Å². The van der Waals surface area contributed by atoms with Crippen LogP contribution in [0.25, 0.3) is 0 Å². The highest BCUT2D eigenvalue weighted by Crippen LogP contribution is 2.26. The van der Waals surface area contributed by atoms with Crippen LogP contribution < -0.4 is 0 Å². The maximum absolute atomic E-state index is 13.4. The second-order valence-electron chi connectivity index (χ2n) is 6.99. The van der Waals surface area contributed by atoms with Gasteiger partial charge < -0.3 is 0 Å². The minimum atomic E-state index is -2.85. The Labute approximate surface area is 151 Å². The number of hydrogen-bond acceptors (Lipinski definition) is 4. The zero-order valence-electron chi connectivity index (χ0n) is 13.6. The topological polar surface area (TPSA) is 72.3 Å². The molecular weight excluding hydrogens is 437 g/mol. The van der Waals surface area contributed by atoms with Crippen LogP contribution in [0.15, 0.2) is 10.4 Å². The average Bonchev–Trinajstić information content (AvgIpc) is 2.23. The number of carbonyl (C=O) groups excluding carboxylic acids is 1. The van der Waals surface area contributed by atoms with Crippen molar-refractivity contribution < 1.29 is 9.00 Å².